The Bertz CT molecular complexity index is 689. The molecular formula is C15H14BrCl2NO2. The first-order valence-corrected chi connectivity index (χ1v) is 7.79. The third kappa shape index (κ3) is 4.02. The molecule has 0 bridgehead atoms. The maximum Gasteiger partial charge on any atom is 0.419 e. The molecule has 0 unspecified atom stereocenters. The molecule has 2 aromatic rings. The van der Waals surface area contributed by atoms with Gasteiger partial charge in [-0.2, -0.15) is 0 Å². The summed E-state index contributed by atoms with van der Waals surface area (Å²) >= 11 is 15.5. The number of rotatable bonds is 1. The van der Waals surface area contributed by atoms with Crippen molar-refractivity contribution < 1.29 is 9.53 Å². The molecular weight excluding hydrogens is 377 g/mol. The third-order valence-corrected chi connectivity index (χ3v) is 3.57. The number of carbonyl (C=O) groups excluding carboxylic acids is 1. The minimum atomic E-state index is -0.575. The van der Waals surface area contributed by atoms with Crippen molar-refractivity contribution in [1.82, 2.24) is 4.57 Å². The van der Waals surface area contributed by atoms with E-state index in [1.54, 1.807) is 30.5 Å². The molecule has 0 fully saturated rings. The molecule has 0 saturated heterocycles. The lowest BCUT2D eigenvalue weighted by atomic mass is 10.1. The van der Waals surface area contributed by atoms with Gasteiger partial charge in [-0.25, -0.2) is 4.79 Å². The molecule has 21 heavy (non-hydrogen) atoms. The van der Waals surface area contributed by atoms with E-state index in [4.69, 9.17) is 27.9 Å². The first kappa shape index (κ1) is 16.4. The molecule has 3 nitrogen and oxygen atoms in total. The van der Waals surface area contributed by atoms with Crippen LogP contribution in [0.1, 0.15) is 20.8 Å². The van der Waals surface area contributed by atoms with E-state index < -0.39 is 11.7 Å². The van der Waals surface area contributed by atoms with E-state index in [1.165, 1.54) is 4.57 Å². The molecule has 0 amide bonds. The fourth-order valence-electron chi connectivity index (χ4n) is 1.80. The van der Waals surface area contributed by atoms with E-state index >= 15 is 0 Å². The van der Waals surface area contributed by atoms with Gasteiger partial charge in [-0.15, -0.1) is 0 Å². The summed E-state index contributed by atoms with van der Waals surface area (Å²) in [4.78, 5) is 12.3. The van der Waals surface area contributed by atoms with Crippen LogP contribution in [0.15, 0.2) is 34.9 Å². The van der Waals surface area contributed by atoms with Crippen molar-refractivity contribution in [1.29, 1.82) is 0 Å². The van der Waals surface area contributed by atoms with Gasteiger partial charge in [-0.1, -0.05) is 23.2 Å². The van der Waals surface area contributed by atoms with Gasteiger partial charge in [0.1, 0.15) is 5.60 Å². The number of aromatic nitrogens is 1. The Hall–Kier alpha value is -0.970. The second-order valence-electron chi connectivity index (χ2n) is 5.52. The van der Waals surface area contributed by atoms with Crippen LogP contribution in [0.2, 0.25) is 10.0 Å². The smallest absolute Gasteiger partial charge is 0.419 e. The molecule has 0 aliphatic carbocycles. The Kier molecular flexibility index (Phi) is 4.71. The highest BCUT2D eigenvalue weighted by Gasteiger charge is 2.21. The molecule has 112 valence electrons. The van der Waals surface area contributed by atoms with Crippen molar-refractivity contribution in [3.05, 3.63) is 45.0 Å². The number of halogens is 3. The second-order valence-corrected chi connectivity index (χ2v) is 7.28. The average molecular weight is 391 g/mol. The topological polar surface area (TPSA) is 31.2 Å². The molecule has 0 saturated carbocycles. The lowest BCUT2D eigenvalue weighted by Crippen LogP contribution is -2.27. The minimum Gasteiger partial charge on any atom is -0.443 e. The summed E-state index contributed by atoms with van der Waals surface area (Å²) in [6, 6.07) is 6.94. The summed E-state index contributed by atoms with van der Waals surface area (Å²) in [6.07, 6.45) is 1.18. The molecule has 0 spiro atoms. The van der Waals surface area contributed by atoms with Crippen molar-refractivity contribution in [3.8, 4) is 11.3 Å². The van der Waals surface area contributed by atoms with Crippen LogP contribution in [0.5, 0.6) is 0 Å². The number of benzene rings is 1. The van der Waals surface area contributed by atoms with E-state index in [0.717, 1.165) is 4.47 Å². The normalized spacial score (nSPS) is 11.5. The van der Waals surface area contributed by atoms with Crippen LogP contribution in [-0.2, 0) is 4.74 Å². The van der Waals surface area contributed by atoms with Gasteiger partial charge in [-0.3, -0.25) is 4.57 Å². The molecule has 0 aliphatic heterocycles. The predicted octanol–water partition coefficient (Wildman–Crippen LogP) is 6.01. The monoisotopic (exact) mass is 389 g/mol. The molecule has 6 heteroatoms. The minimum absolute atomic E-state index is 0.464. The molecule has 0 aliphatic rings. The van der Waals surface area contributed by atoms with E-state index in [0.29, 0.717) is 21.3 Å². The van der Waals surface area contributed by atoms with E-state index in [2.05, 4.69) is 15.9 Å². The summed E-state index contributed by atoms with van der Waals surface area (Å²) in [5.41, 5.74) is 0.768. The SMILES string of the molecule is CC(C)(C)OC(=O)n1cc(Br)cc1-c1ccc(Cl)cc1Cl. The first-order chi connectivity index (χ1) is 9.67. The van der Waals surface area contributed by atoms with Gasteiger partial charge in [0.2, 0.25) is 0 Å². The number of hydrogen-bond acceptors (Lipinski definition) is 2. The summed E-state index contributed by atoms with van der Waals surface area (Å²) in [5, 5.41) is 1.01. The molecule has 0 atom stereocenters. The Morgan fingerprint density at radius 1 is 1.24 bits per heavy atom. The Labute approximate surface area is 141 Å². The summed E-state index contributed by atoms with van der Waals surface area (Å²) in [6.45, 7) is 5.45. The van der Waals surface area contributed by atoms with Gasteiger partial charge in [0, 0.05) is 21.3 Å². The molecule has 2 rings (SSSR count). The number of nitrogens with zero attached hydrogens (tertiary/aromatic N) is 1. The standard InChI is InChI=1S/C15H14BrCl2NO2/c1-15(2,3)21-14(20)19-8-9(16)6-13(19)11-5-4-10(17)7-12(11)18/h4-8H,1-3H3. The summed E-state index contributed by atoms with van der Waals surface area (Å²) in [5.74, 6) is 0. The Balaban J connectivity index is 2.48. The van der Waals surface area contributed by atoms with Crippen LogP contribution >= 0.6 is 39.1 Å². The molecule has 1 heterocycles. The van der Waals surface area contributed by atoms with Crippen molar-refractivity contribution in [3.63, 3.8) is 0 Å². The third-order valence-electron chi connectivity index (χ3n) is 2.58. The highest BCUT2D eigenvalue weighted by atomic mass is 79.9. The number of ether oxygens (including phenoxy) is 1. The Morgan fingerprint density at radius 2 is 1.90 bits per heavy atom. The van der Waals surface area contributed by atoms with E-state index in [1.807, 2.05) is 20.8 Å². The maximum absolute atomic E-state index is 12.3. The van der Waals surface area contributed by atoms with Crippen LogP contribution in [-0.4, -0.2) is 16.3 Å². The van der Waals surface area contributed by atoms with Gasteiger partial charge < -0.3 is 4.74 Å². The van der Waals surface area contributed by atoms with Crippen LogP contribution in [0, 0.1) is 0 Å². The zero-order valence-corrected chi connectivity index (χ0v) is 14.9. The van der Waals surface area contributed by atoms with E-state index in [-0.39, 0.29) is 0 Å². The zero-order valence-electron chi connectivity index (χ0n) is 11.8. The van der Waals surface area contributed by atoms with Crippen molar-refractivity contribution in [2.45, 2.75) is 26.4 Å². The lowest BCUT2D eigenvalue weighted by Gasteiger charge is -2.20. The number of hydrogen-bond donors (Lipinski definition) is 0. The highest BCUT2D eigenvalue weighted by Crippen LogP contribution is 2.33. The van der Waals surface area contributed by atoms with E-state index in [9.17, 15) is 4.79 Å². The summed E-state index contributed by atoms with van der Waals surface area (Å²) in [7, 11) is 0. The van der Waals surface area contributed by atoms with Gasteiger partial charge >= 0.3 is 6.09 Å². The van der Waals surface area contributed by atoms with Gasteiger partial charge in [-0.05, 0) is 61.0 Å². The van der Waals surface area contributed by atoms with Crippen molar-refractivity contribution in [2.24, 2.45) is 0 Å². The van der Waals surface area contributed by atoms with Crippen LogP contribution in [0.25, 0.3) is 11.3 Å². The first-order valence-electron chi connectivity index (χ1n) is 6.24. The van der Waals surface area contributed by atoms with Gasteiger partial charge in [0.15, 0.2) is 0 Å². The van der Waals surface area contributed by atoms with Crippen molar-refractivity contribution in [2.75, 3.05) is 0 Å². The average Bonchev–Trinajstić information content (AvgIpc) is 2.69. The van der Waals surface area contributed by atoms with Crippen LogP contribution in [0.3, 0.4) is 0 Å². The fraction of sp³-hybridized carbons (Fsp3) is 0.267. The molecule has 0 N–H and O–H groups in total. The van der Waals surface area contributed by atoms with Crippen LogP contribution < -0.4 is 0 Å². The van der Waals surface area contributed by atoms with Crippen LogP contribution in [0.4, 0.5) is 4.79 Å². The quantitative estimate of drug-likeness (QED) is 0.597. The predicted molar refractivity (Wildman–Crippen MR) is 89.2 cm³/mol. The number of carbonyl (C=O) groups is 1. The molecule has 1 aromatic carbocycles. The summed E-state index contributed by atoms with van der Waals surface area (Å²) < 4.78 is 7.58. The Morgan fingerprint density at radius 3 is 2.48 bits per heavy atom. The lowest BCUT2D eigenvalue weighted by molar-refractivity contribution is 0.0540. The maximum atomic E-state index is 12.3. The van der Waals surface area contributed by atoms with Crippen molar-refractivity contribution >= 4 is 45.2 Å². The zero-order chi connectivity index (χ0) is 15.8. The van der Waals surface area contributed by atoms with Gasteiger partial charge in [0.25, 0.3) is 0 Å². The fourth-order valence-corrected chi connectivity index (χ4v) is 2.72. The molecule has 0 radical (unpaired) electrons. The molecule has 1 aromatic heterocycles. The highest BCUT2D eigenvalue weighted by molar-refractivity contribution is 9.10. The largest absolute Gasteiger partial charge is 0.443 e. The van der Waals surface area contributed by atoms with Gasteiger partial charge in [0.05, 0.1) is 10.7 Å². The second kappa shape index (κ2) is 6.03.